The van der Waals surface area contributed by atoms with Crippen LogP contribution < -0.4 is 16.0 Å². The number of alkyl halides is 3. The van der Waals surface area contributed by atoms with E-state index in [2.05, 4.69) is 20.1 Å². The molecule has 0 amide bonds. The zero-order valence-electron chi connectivity index (χ0n) is 15.5. The number of aromatic nitrogens is 6. The Bertz CT molecular complexity index is 1160. The fourth-order valence-corrected chi connectivity index (χ4v) is 3.49. The van der Waals surface area contributed by atoms with Crippen LogP contribution in [-0.2, 0) is 19.8 Å². The molecule has 0 bridgehead atoms. The van der Waals surface area contributed by atoms with Crippen molar-refractivity contribution in [2.45, 2.75) is 25.6 Å². The molecule has 0 radical (unpaired) electrons. The van der Waals surface area contributed by atoms with Crippen molar-refractivity contribution in [2.24, 2.45) is 13.0 Å². The number of hydrogen-bond donors (Lipinski definition) is 1. The van der Waals surface area contributed by atoms with Crippen molar-refractivity contribution in [1.82, 2.24) is 29.3 Å². The molecule has 154 valence electrons. The molecule has 4 heterocycles. The summed E-state index contributed by atoms with van der Waals surface area (Å²) in [5, 5.41) is 4.46. The SMILES string of the molecule is Cn1ncc2c(=O)[nH]c(N3CCC(Cn4cnc(C(F)(F)F)cc4=O)CC3)nc21. The second kappa shape index (κ2) is 7.01. The molecule has 3 aromatic heterocycles. The van der Waals surface area contributed by atoms with Crippen molar-refractivity contribution in [1.29, 1.82) is 0 Å². The number of H-pyrrole nitrogens is 1. The molecule has 0 saturated carbocycles. The number of fused-ring (bicyclic) bond motifs is 1. The summed E-state index contributed by atoms with van der Waals surface area (Å²) >= 11 is 0. The van der Waals surface area contributed by atoms with Crippen LogP contribution in [0.1, 0.15) is 18.5 Å². The smallest absolute Gasteiger partial charge is 0.342 e. The number of nitrogens with zero attached hydrogens (tertiary/aromatic N) is 6. The Morgan fingerprint density at radius 2 is 1.97 bits per heavy atom. The molecule has 1 N–H and O–H groups in total. The van der Waals surface area contributed by atoms with Gasteiger partial charge in [-0.2, -0.15) is 23.3 Å². The molecule has 3 aromatic rings. The van der Waals surface area contributed by atoms with Crippen LogP contribution >= 0.6 is 0 Å². The standard InChI is InChI=1S/C17H18F3N7O2/c1-25-14-11(7-22-25)15(29)24-16(23-14)26-4-2-10(3-5-26)8-27-9-21-12(6-13(27)28)17(18,19)20/h6-7,9-10H,2-5,8H2,1H3,(H,23,24,29). The van der Waals surface area contributed by atoms with E-state index >= 15 is 0 Å². The molecule has 0 atom stereocenters. The van der Waals surface area contributed by atoms with E-state index in [0.29, 0.717) is 55.5 Å². The highest BCUT2D eigenvalue weighted by atomic mass is 19.4. The Balaban J connectivity index is 1.44. The molecule has 0 aromatic carbocycles. The molecule has 1 fully saturated rings. The second-order valence-corrected chi connectivity index (χ2v) is 7.09. The number of piperidine rings is 1. The predicted octanol–water partition coefficient (Wildman–Crippen LogP) is 1.15. The lowest BCUT2D eigenvalue weighted by molar-refractivity contribution is -0.141. The average Bonchev–Trinajstić information content (AvgIpc) is 3.05. The van der Waals surface area contributed by atoms with Crippen molar-refractivity contribution in [3.05, 3.63) is 45.0 Å². The number of halogens is 3. The van der Waals surface area contributed by atoms with Crippen LogP contribution in [0.4, 0.5) is 19.1 Å². The molecular weight excluding hydrogens is 391 g/mol. The zero-order valence-corrected chi connectivity index (χ0v) is 15.5. The zero-order chi connectivity index (χ0) is 20.8. The number of anilines is 1. The monoisotopic (exact) mass is 409 g/mol. The van der Waals surface area contributed by atoms with Crippen molar-refractivity contribution < 1.29 is 13.2 Å². The highest BCUT2D eigenvalue weighted by molar-refractivity contribution is 5.74. The van der Waals surface area contributed by atoms with Gasteiger partial charge in [-0.15, -0.1) is 0 Å². The van der Waals surface area contributed by atoms with Gasteiger partial charge in [0.2, 0.25) is 5.95 Å². The summed E-state index contributed by atoms with van der Waals surface area (Å²) in [5.41, 5.74) is -1.67. The first-order valence-electron chi connectivity index (χ1n) is 9.03. The van der Waals surface area contributed by atoms with Gasteiger partial charge in [-0.1, -0.05) is 0 Å². The molecule has 0 unspecified atom stereocenters. The van der Waals surface area contributed by atoms with E-state index < -0.39 is 17.4 Å². The van der Waals surface area contributed by atoms with Gasteiger partial charge in [0.25, 0.3) is 11.1 Å². The Morgan fingerprint density at radius 1 is 1.24 bits per heavy atom. The summed E-state index contributed by atoms with van der Waals surface area (Å²) in [6, 6.07) is 0.521. The van der Waals surface area contributed by atoms with E-state index in [4.69, 9.17) is 0 Å². The van der Waals surface area contributed by atoms with Gasteiger partial charge in [0.05, 0.1) is 12.5 Å². The van der Waals surface area contributed by atoms with Crippen molar-refractivity contribution in [2.75, 3.05) is 18.0 Å². The van der Waals surface area contributed by atoms with E-state index in [1.54, 1.807) is 7.05 Å². The highest BCUT2D eigenvalue weighted by Crippen LogP contribution is 2.26. The third-order valence-electron chi connectivity index (χ3n) is 5.13. The molecule has 9 nitrogen and oxygen atoms in total. The lowest BCUT2D eigenvalue weighted by Gasteiger charge is -2.32. The van der Waals surface area contributed by atoms with Crippen molar-refractivity contribution in [3.63, 3.8) is 0 Å². The van der Waals surface area contributed by atoms with E-state index in [1.807, 2.05) is 4.90 Å². The third kappa shape index (κ3) is 3.74. The first-order chi connectivity index (χ1) is 13.7. The van der Waals surface area contributed by atoms with E-state index in [9.17, 15) is 22.8 Å². The minimum atomic E-state index is -4.64. The maximum atomic E-state index is 12.6. The predicted molar refractivity (Wildman–Crippen MR) is 97.6 cm³/mol. The Hall–Kier alpha value is -3.18. The van der Waals surface area contributed by atoms with Gasteiger partial charge in [0.15, 0.2) is 11.3 Å². The van der Waals surface area contributed by atoms with Gasteiger partial charge >= 0.3 is 6.18 Å². The topological polar surface area (TPSA) is 102 Å². The van der Waals surface area contributed by atoms with Gasteiger partial charge in [0.1, 0.15) is 5.39 Å². The summed E-state index contributed by atoms with van der Waals surface area (Å²) < 4.78 is 40.7. The van der Waals surface area contributed by atoms with Crippen LogP contribution in [0.25, 0.3) is 11.0 Å². The van der Waals surface area contributed by atoms with Crippen LogP contribution in [-0.4, -0.2) is 42.4 Å². The van der Waals surface area contributed by atoms with Crippen LogP contribution in [0.3, 0.4) is 0 Å². The number of hydrogen-bond acceptors (Lipinski definition) is 6. The number of aromatic amines is 1. The lowest BCUT2D eigenvalue weighted by Crippen LogP contribution is -2.38. The molecule has 4 rings (SSSR count). The van der Waals surface area contributed by atoms with Gasteiger partial charge in [-0.05, 0) is 18.8 Å². The van der Waals surface area contributed by atoms with E-state index in [1.165, 1.54) is 15.4 Å². The third-order valence-corrected chi connectivity index (χ3v) is 5.13. The molecule has 12 heteroatoms. The molecular formula is C17H18F3N7O2. The van der Waals surface area contributed by atoms with E-state index in [-0.39, 0.29) is 11.5 Å². The maximum Gasteiger partial charge on any atom is 0.433 e. The normalized spacial score (nSPS) is 15.9. The first-order valence-corrected chi connectivity index (χ1v) is 9.03. The second-order valence-electron chi connectivity index (χ2n) is 7.09. The number of nitrogens with one attached hydrogen (secondary N) is 1. The first kappa shape index (κ1) is 19.2. The molecule has 29 heavy (non-hydrogen) atoms. The summed E-state index contributed by atoms with van der Waals surface area (Å²) in [6.07, 6.45) is -0.830. The van der Waals surface area contributed by atoms with Gasteiger partial charge in [0, 0.05) is 32.7 Å². The van der Waals surface area contributed by atoms with Crippen molar-refractivity contribution >= 4 is 17.0 Å². The molecule has 1 saturated heterocycles. The average molecular weight is 409 g/mol. The Labute approximate surface area is 161 Å². The summed E-state index contributed by atoms with van der Waals surface area (Å²) in [5.74, 6) is 0.563. The molecule has 1 aliphatic rings. The van der Waals surface area contributed by atoms with Crippen LogP contribution in [0.15, 0.2) is 28.2 Å². The number of aryl methyl sites for hydroxylation is 1. The van der Waals surface area contributed by atoms with Crippen LogP contribution in [0, 0.1) is 5.92 Å². The lowest BCUT2D eigenvalue weighted by atomic mass is 9.97. The summed E-state index contributed by atoms with van der Waals surface area (Å²) in [4.78, 5) is 36.7. The molecule has 0 spiro atoms. The highest BCUT2D eigenvalue weighted by Gasteiger charge is 2.33. The Kier molecular flexibility index (Phi) is 4.63. The summed E-state index contributed by atoms with van der Waals surface area (Å²) in [7, 11) is 1.71. The van der Waals surface area contributed by atoms with Crippen LogP contribution in [0.5, 0.6) is 0 Å². The van der Waals surface area contributed by atoms with Crippen LogP contribution in [0.2, 0.25) is 0 Å². The van der Waals surface area contributed by atoms with Crippen molar-refractivity contribution in [3.8, 4) is 0 Å². The minimum Gasteiger partial charge on any atom is -0.342 e. The molecule has 0 aliphatic carbocycles. The van der Waals surface area contributed by atoms with E-state index in [0.717, 1.165) is 6.33 Å². The number of rotatable bonds is 3. The quantitative estimate of drug-likeness (QED) is 0.696. The largest absolute Gasteiger partial charge is 0.433 e. The fourth-order valence-electron chi connectivity index (χ4n) is 3.49. The van der Waals surface area contributed by atoms with Gasteiger partial charge in [-0.25, -0.2) is 4.98 Å². The maximum absolute atomic E-state index is 12.6. The fraction of sp³-hybridized carbons (Fsp3) is 0.471. The summed E-state index contributed by atoms with van der Waals surface area (Å²) in [6.45, 7) is 1.49. The Morgan fingerprint density at radius 3 is 2.62 bits per heavy atom. The van der Waals surface area contributed by atoms with Gasteiger partial charge < -0.3 is 4.90 Å². The molecule has 1 aliphatic heterocycles. The van der Waals surface area contributed by atoms with Gasteiger partial charge in [-0.3, -0.25) is 23.8 Å². The minimum absolute atomic E-state index is 0.106.